The normalized spacial score (nSPS) is 19.9. The summed E-state index contributed by atoms with van der Waals surface area (Å²) in [5.41, 5.74) is 1.92. The van der Waals surface area contributed by atoms with Crippen LogP contribution < -0.4 is 10.9 Å². The number of nitrogens with zero attached hydrogens (tertiary/aromatic N) is 3. The Balaban J connectivity index is 1.32. The quantitative estimate of drug-likeness (QED) is 0.669. The van der Waals surface area contributed by atoms with Crippen molar-refractivity contribution in [1.82, 2.24) is 25.1 Å². The SMILES string of the molecule is CCN1CCN(CCNC(=O)C2CCc3nc(-c4ccc(F)cc4)[nH]c(=O)c3CC2)CC1. The number of fused-ring (bicyclic) bond motifs is 1. The maximum absolute atomic E-state index is 13.2. The van der Waals surface area contributed by atoms with Gasteiger partial charge in [-0.15, -0.1) is 0 Å². The van der Waals surface area contributed by atoms with E-state index in [2.05, 4.69) is 32.0 Å². The van der Waals surface area contributed by atoms with Crippen LogP contribution in [0.25, 0.3) is 11.4 Å². The number of aromatic nitrogens is 2. The first-order valence-corrected chi connectivity index (χ1v) is 11.6. The van der Waals surface area contributed by atoms with Gasteiger partial charge in [0.1, 0.15) is 11.6 Å². The molecule has 2 aromatic rings. The second-order valence-electron chi connectivity index (χ2n) is 8.69. The summed E-state index contributed by atoms with van der Waals surface area (Å²) in [5, 5.41) is 3.10. The fraction of sp³-hybridized carbons (Fsp3) is 0.542. The first-order valence-electron chi connectivity index (χ1n) is 11.6. The minimum absolute atomic E-state index is 0.0696. The number of likely N-dealkylation sites (N-methyl/N-ethyl adjacent to an activating group) is 1. The minimum atomic E-state index is -0.331. The Bertz CT molecular complexity index is 983. The number of aromatic amines is 1. The predicted octanol–water partition coefficient (Wildman–Crippen LogP) is 1.82. The molecule has 0 radical (unpaired) electrons. The topological polar surface area (TPSA) is 81.3 Å². The molecule has 1 aliphatic heterocycles. The van der Waals surface area contributed by atoms with E-state index in [0.717, 1.165) is 45.0 Å². The van der Waals surface area contributed by atoms with Crippen molar-refractivity contribution in [1.29, 1.82) is 0 Å². The van der Waals surface area contributed by atoms with Crippen molar-refractivity contribution in [2.45, 2.75) is 32.6 Å². The van der Waals surface area contributed by atoms with Crippen LogP contribution >= 0.6 is 0 Å². The van der Waals surface area contributed by atoms with Gasteiger partial charge >= 0.3 is 0 Å². The molecule has 7 nitrogen and oxygen atoms in total. The molecule has 2 N–H and O–H groups in total. The average molecular weight is 442 g/mol. The highest BCUT2D eigenvalue weighted by molar-refractivity contribution is 5.78. The smallest absolute Gasteiger partial charge is 0.254 e. The molecule has 1 aromatic carbocycles. The van der Waals surface area contributed by atoms with Crippen LogP contribution in [0.15, 0.2) is 29.1 Å². The Morgan fingerprint density at radius 1 is 1.12 bits per heavy atom. The van der Waals surface area contributed by atoms with Crippen LogP contribution in [0.5, 0.6) is 0 Å². The van der Waals surface area contributed by atoms with Crippen molar-refractivity contribution in [2.24, 2.45) is 5.92 Å². The molecular weight excluding hydrogens is 409 g/mol. The lowest BCUT2D eigenvalue weighted by Crippen LogP contribution is -2.48. The lowest BCUT2D eigenvalue weighted by atomic mass is 9.99. The van der Waals surface area contributed by atoms with Crippen LogP contribution in [-0.4, -0.2) is 71.5 Å². The van der Waals surface area contributed by atoms with Crippen molar-refractivity contribution in [2.75, 3.05) is 45.8 Å². The number of H-pyrrole nitrogens is 1. The second kappa shape index (κ2) is 10.4. The highest BCUT2D eigenvalue weighted by Gasteiger charge is 2.25. The Morgan fingerprint density at radius 3 is 2.53 bits per heavy atom. The largest absolute Gasteiger partial charge is 0.355 e. The number of aryl methyl sites for hydroxylation is 1. The lowest BCUT2D eigenvalue weighted by Gasteiger charge is -2.34. The van der Waals surface area contributed by atoms with E-state index in [0.29, 0.717) is 49.2 Å². The van der Waals surface area contributed by atoms with E-state index in [4.69, 9.17) is 0 Å². The van der Waals surface area contributed by atoms with E-state index in [-0.39, 0.29) is 23.2 Å². The van der Waals surface area contributed by atoms with Gasteiger partial charge in [-0.2, -0.15) is 0 Å². The first kappa shape index (κ1) is 22.6. The van der Waals surface area contributed by atoms with Crippen LogP contribution in [0.2, 0.25) is 0 Å². The van der Waals surface area contributed by atoms with Crippen LogP contribution in [-0.2, 0) is 17.6 Å². The van der Waals surface area contributed by atoms with E-state index in [1.807, 2.05) is 0 Å². The number of carbonyl (C=O) groups excluding carboxylic acids is 1. The number of rotatable bonds is 6. The zero-order valence-corrected chi connectivity index (χ0v) is 18.7. The second-order valence-corrected chi connectivity index (χ2v) is 8.69. The molecule has 1 aliphatic carbocycles. The summed E-state index contributed by atoms with van der Waals surface area (Å²) < 4.78 is 13.2. The molecule has 1 fully saturated rings. The van der Waals surface area contributed by atoms with Gasteiger partial charge in [0.25, 0.3) is 5.56 Å². The third-order valence-electron chi connectivity index (χ3n) is 6.70. The molecule has 1 atom stereocenters. The maximum Gasteiger partial charge on any atom is 0.254 e. The Morgan fingerprint density at radius 2 is 1.81 bits per heavy atom. The number of carbonyl (C=O) groups is 1. The molecule has 1 saturated heterocycles. The summed E-state index contributed by atoms with van der Waals surface area (Å²) >= 11 is 0. The van der Waals surface area contributed by atoms with E-state index < -0.39 is 0 Å². The number of hydrogen-bond donors (Lipinski definition) is 2. The van der Waals surface area contributed by atoms with E-state index in [1.165, 1.54) is 12.1 Å². The molecule has 1 amide bonds. The van der Waals surface area contributed by atoms with Gasteiger partial charge in [0.15, 0.2) is 0 Å². The maximum atomic E-state index is 13.2. The summed E-state index contributed by atoms with van der Waals surface area (Å²) in [5.74, 6) is 0.0674. The summed E-state index contributed by atoms with van der Waals surface area (Å²) in [6.45, 7) is 9.09. The lowest BCUT2D eigenvalue weighted by molar-refractivity contribution is -0.125. The van der Waals surface area contributed by atoms with Crippen molar-refractivity contribution >= 4 is 5.91 Å². The minimum Gasteiger partial charge on any atom is -0.355 e. The van der Waals surface area contributed by atoms with Crippen molar-refractivity contribution in [3.63, 3.8) is 0 Å². The van der Waals surface area contributed by atoms with E-state index >= 15 is 0 Å². The van der Waals surface area contributed by atoms with Gasteiger partial charge in [-0.1, -0.05) is 6.92 Å². The predicted molar refractivity (Wildman–Crippen MR) is 122 cm³/mol. The molecule has 0 spiro atoms. The van der Waals surface area contributed by atoms with Crippen molar-refractivity contribution < 1.29 is 9.18 Å². The summed E-state index contributed by atoms with van der Waals surface area (Å²) in [6, 6.07) is 5.92. The van der Waals surface area contributed by atoms with Crippen LogP contribution in [0.1, 0.15) is 31.0 Å². The molecule has 32 heavy (non-hydrogen) atoms. The Hall–Kier alpha value is -2.58. The molecule has 172 valence electrons. The molecule has 4 rings (SSSR count). The van der Waals surface area contributed by atoms with Crippen molar-refractivity contribution in [3.8, 4) is 11.4 Å². The summed E-state index contributed by atoms with van der Waals surface area (Å²) in [7, 11) is 0. The standard InChI is InChI=1S/C24H32FN5O2/c1-2-29-13-15-30(16-14-29)12-11-26-23(31)18-5-9-20-21(10-6-18)27-22(28-24(20)32)17-3-7-19(25)8-4-17/h3-4,7-8,18H,2,5-6,9-16H2,1H3,(H,26,31)(H,27,28,32). The Labute approximate surface area is 188 Å². The summed E-state index contributed by atoms with van der Waals surface area (Å²) in [6.07, 6.45) is 2.45. The molecule has 2 aliphatic rings. The van der Waals surface area contributed by atoms with Gasteiger partial charge in [-0.3, -0.25) is 14.5 Å². The highest BCUT2D eigenvalue weighted by Crippen LogP contribution is 2.23. The molecule has 0 saturated carbocycles. The summed E-state index contributed by atoms with van der Waals surface area (Å²) in [4.78, 5) is 37.7. The average Bonchev–Trinajstić information content (AvgIpc) is 3.03. The van der Waals surface area contributed by atoms with E-state index in [1.54, 1.807) is 12.1 Å². The molecular formula is C24H32FN5O2. The third-order valence-corrected chi connectivity index (χ3v) is 6.70. The van der Waals surface area contributed by atoms with Gasteiger partial charge in [0.05, 0.1) is 5.69 Å². The molecule has 1 aromatic heterocycles. The number of hydrogen-bond acceptors (Lipinski definition) is 5. The van der Waals surface area contributed by atoms with Crippen molar-refractivity contribution in [3.05, 3.63) is 51.7 Å². The zero-order valence-electron chi connectivity index (χ0n) is 18.7. The van der Waals surface area contributed by atoms with Gasteiger partial charge in [-0.05, 0) is 56.5 Å². The number of piperazine rings is 1. The third kappa shape index (κ3) is 5.42. The molecule has 8 heteroatoms. The van der Waals surface area contributed by atoms with Gasteiger partial charge < -0.3 is 15.2 Å². The number of nitrogens with one attached hydrogen (secondary N) is 2. The number of amides is 1. The molecule has 0 bridgehead atoms. The van der Waals surface area contributed by atoms with Crippen LogP contribution in [0.3, 0.4) is 0 Å². The number of halogens is 1. The first-order chi connectivity index (χ1) is 15.5. The van der Waals surface area contributed by atoms with E-state index in [9.17, 15) is 14.0 Å². The Kier molecular flexibility index (Phi) is 7.32. The highest BCUT2D eigenvalue weighted by atomic mass is 19.1. The number of benzene rings is 1. The van der Waals surface area contributed by atoms with Crippen LogP contribution in [0.4, 0.5) is 4.39 Å². The van der Waals surface area contributed by atoms with Gasteiger partial charge in [-0.25, -0.2) is 9.37 Å². The molecule has 2 heterocycles. The monoisotopic (exact) mass is 441 g/mol. The van der Waals surface area contributed by atoms with Crippen LogP contribution in [0, 0.1) is 11.7 Å². The zero-order chi connectivity index (χ0) is 22.5. The van der Waals surface area contributed by atoms with Gasteiger partial charge in [0, 0.05) is 56.3 Å². The fourth-order valence-electron chi connectivity index (χ4n) is 4.60. The molecule has 1 unspecified atom stereocenters. The van der Waals surface area contributed by atoms with Gasteiger partial charge in [0.2, 0.25) is 5.91 Å². The fourth-order valence-corrected chi connectivity index (χ4v) is 4.60.